The fraction of sp³-hybridized carbons (Fsp3) is 0.471. The number of likely N-dealkylation sites (tertiary alicyclic amines) is 1. The molecule has 1 aliphatic rings. The van der Waals surface area contributed by atoms with Crippen molar-refractivity contribution in [3.05, 3.63) is 34.9 Å². The number of aliphatic hydroxyl groups is 1. The van der Waals surface area contributed by atoms with Crippen molar-refractivity contribution in [2.24, 2.45) is 5.92 Å². The summed E-state index contributed by atoms with van der Waals surface area (Å²) in [5.41, 5.74) is 2.57. The first-order valence-corrected chi connectivity index (χ1v) is 7.11. The summed E-state index contributed by atoms with van der Waals surface area (Å²) in [7, 11) is 0. The Labute approximate surface area is 120 Å². The average Bonchev–Trinajstić information content (AvgIpc) is 2.46. The monoisotopic (exact) mass is 271 g/mol. The zero-order valence-corrected chi connectivity index (χ0v) is 12.1. The average molecular weight is 271 g/mol. The van der Waals surface area contributed by atoms with Crippen LogP contribution in [-0.2, 0) is 0 Å². The Balaban J connectivity index is 2.13. The van der Waals surface area contributed by atoms with Gasteiger partial charge in [0.1, 0.15) is 6.61 Å². The smallest absolute Gasteiger partial charge is 0.253 e. The highest BCUT2D eigenvalue weighted by Gasteiger charge is 2.21. The molecular weight excluding hydrogens is 250 g/mol. The van der Waals surface area contributed by atoms with E-state index in [2.05, 4.69) is 18.8 Å². The van der Waals surface area contributed by atoms with Gasteiger partial charge in [-0.05, 0) is 49.4 Å². The summed E-state index contributed by atoms with van der Waals surface area (Å²) in [4.78, 5) is 14.4. The maximum Gasteiger partial charge on any atom is 0.253 e. The molecule has 1 heterocycles. The molecule has 1 aromatic rings. The van der Waals surface area contributed by atoms with Crippen LogP contribution in [0.2, 0.25) is 0 Å². The molecule has 1 aromatic carbocycles. The van der Waals surface area contributed by atoms with Crippen molar-refractivity contribution in [2.45, 2.75) is 26.7 Å². The first kappa shape index (κ1) is 14.6. The number of benzene rings is 1. The lowest BCUT2D eigenvalue weighted by Crippen LogP contribution is -2.37. The number of aryl methyl sites for hydroxylation is 1. The van der Waals surface area contributed by atoms with Crippen molar-refractivity contribution in [3.63, 3.8) is 0 Å². The second kappa shape index (κ2) is 6.58. The zero-order valence-electron chi connectivity index (χ0n) is 12.1. The van der Waals surface area contributed by atoms with Crippen LogP contribution in [0.25, 0.3) is 0 Å². The van der Waals surface area contributed by atoms with Gasteiger partial charge in [-0.2, -0.15) is 0 Å². The van der Waals surface area contributed by atoms with E-state index in [1.54, 1.807) is 0 Å². The van der Waals surface area contributed by atoms with E-state index < -0.39 is 0 Å². The third kappa shape index (κ3) is 3.40. The molecule has 0 aromatic heterocycles. The third-order valence-electron chi connectivity index (χ3n) is 3.85. The first-order chi connectivity index (χ1) is 9.61. The lowest BCUT2D eigenvalue weighted by atomic mass is 9.98. The van der Waals surface area contributed by atoms with Gasteiger partial charge < -0.3 is 10.0 Å². The van der Waals surface area contributed by atoms with Gasteiger partial charge in [0.2, 0.25) is 0 Å². The maximum atomic E-state index is 12.4. The second-order valence-electron chi connectivity index (χ2n) is 5.46. The van der Waals surface area contributed by atoms with Crippen LogP contribution in [0.5, 0.6) is 0 Å². The largest absolute Gasteiger partial charge is 0.384 e. The molecule has 1 N–H and O–H groups in total. The molecule has 20 heavy (non-hydrogen) atoms. The molecule has 1 aliphatic heterocycles. The summed E-state index contributed by atoms with van der Waals surface area (Å²) in [5.74, 6) is 6.35. The molecule has 0 spiro atoms. The number of hydrogen-bond acceptors (Lipinski definition) is 2. The fourth-order valence-corrected chi connectivity index (χ4v) is 2.47. The fourth-order valence-electron chi connectivity index (χ4n) is 2.47. The van der Waals surface area contributed by atoms with E-state index in [0.29, 0.717) is 0 Å². The van der Waals surface area contributed by atoms with Crippen molar-refractivity contribution in [2.75, 3.05) is 19.7 Å². The van der Waals surface area contributed by atoms with Crippen molar-refractivity contribution in [3.8, 4) is 11.8 Å². The molecule has 3 heteroatoms. The summed E-state index contributed by atoms with van der Waals surface area (Å²) >= 11 is 0. The van der Waals surface area contributed by atoms with Gasteiger partial charge in [0, 0.05) is 24.2 Å². The van der Waals surface area contributed by atoms with Gasteiger partial charge in [-0.15, -0.1) is 0 Å². The van der Waals surface area contributed by atoms with E-state index in [-0.39, 0.29) is 12.5 Å². The van der Waals surface area contributed by atoms with Gasteiger partial charge in [-0.25, -0.2) is 0 Å². The van der Waals surface area contributed by atoms with Gasteiger partial charge in [0.25, 0.3) is 5.91 Å². The van der Waals surface area contributed by atoms with E-state index >= 15 is 0 Å². The van der Waals surface area contributed by atoms with Crippen LogP contribution in [0.1, 0.15) is 41.3 Å². The molecule has 2 rings (SSSR count). The predicted octanol–water partition coefficient (Wildman–Crippen LogP) is 2.21. The highest BCUT2D eigenvalue weighted by Crippen LogP contribution is 2.19. The predicted molar refractivity (Wildman–Crippen MR) is 79.4 cm³/mol. The summed E-state index contributed by atoms with van der Waals surface area (Å²) in [5, 5.41) is 8.72. The van der Waals surface area contributed by atoms with E-state index in [1.807, 2.05) is 30.0 Å². The van der Waals surface area contributed by atoms with Crippen LogP contribution in [0.3, 0.4) is 0 Å². The Morgan fingerprint density at radius 1 is 1.40 bits per heavy atom. The minimum absolute atomic E-state index is 0.113. The summed E-state index contributed by atoms with van der Waals surface area (Å²) in [6.45, 7) is 5.74. The molecule has 0 radical (unpaired) electrons. The van der Waals surface area contributed by atoms with Crippen LogP contribution in [0.15, 0.2) is 18.2 Å². The minimum atomic E-state index is -0.147. The van der Waals surface area contributed by atoms with E-state index in [4.69, 9.17) is 5.11 Å². The van der Waals surface area contributed by atoms with Crippen LogP contribution in [-0.4, -0.2) is 35.6 Å². The molecule has 0 saturated carbocycles. The normalized spacial score (nSPS) is 15.7. The van der Waals surface area contributed by atoms with E-state index in [1.165, 1.54) is 0 Å². The highest BCUT2D eigenvalue weighted by molar-refractivity contribution is 5.94. The summed E-state index contributed by atoms with van der Waals surface area (Å²) in [6, 6.07) is 5.58. The van der Waals surface area contributed by atoms with Gasteiger partial charge in [-0.1, -0.05) is 18.8 Å². The molecule has 0 unspecified atom stereocenters. The Kier molecular flexibility index (Phi) is 4.81. The Hall–Kier alpha value is -1.79. The minimum Gasteiger partial charge on any atom is -0.384 e. The molecule has 3 nitrogen and oxygen atoms in total. The van der Waals surface area contributed by atoms with Crippen LogP contribution >= 0.6 is 0 Å². The molecule has 0 bridgehead atoms. The maximum absolute atomic E-state index is 12.4. The Morgan fingerprint density at radius 2 is 2.10 bits per heavy atom. The van der Waals surface area contributed by atoms with Crippen LogP contribution in [0, 0.1) is 24.7 Å². The number of carbonyl (C=O) groups excluding carboxylic acids is 1. The van der Waals surface area contributed by atoms with Crippen molar-refractivity contribution < 1.29 is 9.90 Å². The molecule has 0 aliphatic carbocycles. The standard InChI is InChI=1S/C17H21NO2/c1-13-7-9-18(10-8-13)17(20)16-6-5-15(4-3-11-19)14(2)12-16/h5-6,12-13,19H,7-11H2,1-2H3. The number of aliphatic hydroxyl groups excluding tert-OH is 1. The number of piperidine rings is 1. The van der Waals surface area contributed by atoms with Gasteiger partial charge >= 0.3 is 0 Å². The van der Waals surface area contributed by atoms with Crippen molar-refractivity contribution in [1.29, 1.82) is 0 Å². The molecule has 1 fully saturated rings. The Bertz CT molecular complexity index is 546. The number of hydrogen-bond donors (Lipinski definition) is 1. The highest BCUT2D eigenvalue weighted by atomic mass is 16.2. The van der Waals surface area contributed by atoms with E-state index in [9.17, 15) is 4.79 Å². The number of amides is 1. The molecule has 0 atom stereocenters. The van der Waals surface area contributed by atoms with Crippen molar-refractivity contribution >= 4 is 5.91 Å². The number of nitrogens with zero attached hydrogens (tertiary/aromatic N) is 1. The first-order valence-electron chi connectivity index (χ1n) is 7.11. The van der Waals surface area contributed by atoms with Crippen LogP contribution < -0.4 is 0 Å². The molecular formula is C17H21NO2. The number of rotatable bonds is 1. The van der Waals surface area contributed by atoms with Gasteiger partial charge in [0.15, 0.2) is 0 Å². The number of carbonyl (C=O) groups is 1. The zero-order chi connectivity index (χ0) is 14.5. The van der Waals surface area contributed by atoms with Gasteiger partial charge in [0.05, 0.1) is 0 Å². The molecule has 1 saturated heterocycles. The summed E-state index contributed by atoms with van der Waals surface area (Å²) < 4.78 is 0. The van der Waals surface area contributed by atoms with E-state index in [0.717, 1.165) is 48.5 Å². The Morgan fingerprint density at radius 3 is 2.70 bits per heavy atom. The lowest BCUT2D eigenvalue weighted by molar-refractivity contribution is 0.0697. The van der Waals surface area contributed by atoms with Crippen molar-refractivity contribution in [1.82, 2.24) is 4.90 Å². The topological polar surface area (TPSA) is 40.5 Å². The summed E-state index contributed by atoms with van der Waals surface area (Å²) in [6.07, 6.45) is 2.18. The quantitative estimate of drug-likeness (QED) is 0.796. The van der Waals surface area contributed by atoms with Crippen LogP contribution in [0.4, 0.5) is 0 Å². The second-order valence-corrected chi connectivity index (χ2v) is 5.46. The lowest BCUT2D eigenvalue weighted by Gasteiger charge is -2.30. The third-order valence-corrected chi connectivity index (χ3v) is 3.85. The molecule has 106 valence electrons. The molecule has 1 amide bonds. The van der Waals surface area contributed by atoms with Gasteiger partial charge in [-0.3, -0.25) is 4.79 Å². The SMILES string of the molecule is Cc1cc(C(=O)N2CCC(C)CC2)ccc1C#CCO.